The minimum absolute atomic E-state index is 0.0240. The van der Waals surface area contributed by atoms with E-state index < -0.39 is 12.1 Å². The first kappa shape index (κ1) is 12.0. The van der Waals surface area contributed by atoms with Gasteiger partial charge in [0.25, 0.3) is 0 Å². The van der Waals surface area contributed by atoms with Gasteiger partial charge in [-0.15, -0.1) is 0 Å². The molecule has 1 saturated heterocycles. The SMILES string of the molecule is O=C(O)Cc1ccc(C(F)C2CCOC2)cc1. The normalized spacial score (nSPS) is 21.4. The van der Waals surface area contributed by atoms with Crippen LogP contribution in [0.3, 0.4) is 0 Å². The van der Waals surface area contributed by atoms with Crippen molar-refractivity contribution in [2.24, 2.45) is 5.92 Å². The summed E-state index contributed by atoms with van der Waals surface area (Å²) >= 11 is 0. The monoisotopic (exact) mass is 238 g/mol. The number of hydrogen-bond donors (Lipinski definition) is 1. The maximum Gasteiger partial charge on any atom is 0.307 e. The summed E-state index contributed by atoms with van der Waals surface area (Å²) in [7, 11) is 0. The first-order valence-electron chi connectivity index (χ1n) is 5.69. The van der Waals surface area contributed by atoms with Gasteiger partial charge in [-0.2, -0.15) is 0 Å². The summed E-state index contributed by atoms with van der Waals surface area (Å²) in [5.41, 5.74) is 1.30. The summed E-state index contributed by atoms with van der Waals surface area (Å²) in [4.78, 5) is 10.5. The van der Waals surface area contributed by atoms with E-state index in [2.05, 4.69) is 0 Å². The molecule has 3 nitrogen and oxygen atoms in total. The fourth-order valence-electron chi connectivity index (χ4n) is 2.05. The Kier molecular flexibility index (Phi) is 3.74. The smallest absolute Gasteiger partial charge is 0.307 e. The molecule has 1 aliphatic rings. The van der Waals surface area contributed by atoms with Crippen molar-refractivity contribution >= 4 is 5.97 Å². The number of carboxylic acid groups (broad SMARTS) is 1. The molecule has 0 radical (unpaired) electrons. The van der Waals surface area contributed by atoms with Gasteiger partial charge in [-0.3, -0.25) is 4.79 Å². The van der Waals surface area contributed by atoms with Crippen molar-refractivity contribution in [1.29, 1.82) is 0 Å². The maximum absolute atomic E-state index is 14.0. The zero-order valence-corrected chi connectivity index (χ0v) is 9.43. The lowest BCUT2D eigenvalue weighted by molar-refractivity contribution is -0.136. The lowest BCUT2D eigenvalue weighted by atomic mass is 9.95. The highest BCUT2D eigenvalue weighted by Crippen LogP contribution is 2.32. The Hall–Kier alpha value is -1.42. The molecule has 1 aromatic rings. The van der Waals surface area contributed by atoms with Gasteiger partial charge in [-0.05, 0) is 17.5 Å². The molecular formula is C13H15FO3. The molecule has 0 spiro atoms. The quantitative estimate of drug-likeness (QED) is 0.875. The molecule has 4 heteroatoms. The zero-order valence-electron chi connectivity index (χ0n) is 9.43. The van der Waals surface area contributed by atoms with Crippen LogP contribution in [0, 0.1) is 5.92 Å². The van der Waals surface area contributed by atoms with E-state index in [-0.39, 0.29) is 12.3 Å². The first-order chi connectivity index (χ1) is 8.16. The van der Waals surface area contributed by atoms with Crippen LogP contribution < -0.4 is 0 Å². The number of carboxylic acids is 1. The predicted molar refractivity (Wildman–Crippen MR) is 60.6 cm³/mol. The molecule has 1 fully saturated rings. The molecule has 0 bridgehead atoms. The molecule has 92 valence electrons. The number of halogens is 1. The molecule has 2 atom stereocenters. The van der Waals surface area contributed by atoms with Crippen molar-refractivity contribution in [2.75, 3.05) is 13.2 Å². The van der Waals surface area contributed by atoms with Crippen molar-refractivity contribution in [3.05, 3.63) is 35.4 Å². The predicted octanol–water partition coefficient (Wildman–Crippen LogP) is 2.36. The Morgan fingerprint density at radius 2 is 2.18 bits per heavy atom. The Balaban J connectivity index is 2.03. The van der Waals surface area contributed by atoms with Crippen LogP contribution in [-0.4, -0.2) is 24.3 Å². The molecule has 2 rings (SSSR count). The third kappa shape index (κ3) is 3.03. The molecule has 0 amide bonds. The van der Waals surface area contributed by atoms with Crippen molar-refractivity contribution < 1.29 is 19.0 Å². The van der Waals surface area contributed by atoms with Crippen LogP contribution in [0.15, 0.2) is 24.3 Å². The average molecular weight is 238 g/mol. The molecule has 17 heavy (non-hydrogen) atoms. The summed E-state index contributed by atoms with van der Waals surface area (Å²) in [6.07, 6.45) is -0.293. The van der Waals surface area contributed by atoms with Gasteiger partial charge >= 0.3 is 5.97 Å². The third-order valence-corrected chi connectivity index (χ3v) is 3.03. The molecule has 1 aromatic carbocycles. The van der Waals surface area contributed by atoms with Crippen LogP contribution >= 0.6 is 0 Å². The molecule has 1 aliphatic heterocycles. The summed E-state index contributed by atoms with van der Waals surface area (Å²) in [5.74, 6) is -0.945. The van der Waals surface area contributed by atoms with E-state index in [1.807, 2.05) is 0 Å². The van der Waals surface area contributed by atoms with E-state index in [1.54, 1.807) is 24.3 Å². The standard InChI is InChI=1S/C13H15FO3/c14-13(11-5-6-17-8-11)10-3-1-9(2-4-10)7-12(15)16/h1-4,11,13H,5-8H2,(H,15,16). The van der Waals surface area contributed by atoms with Gasteiger partial charge in [-0.1, -0.05) is 24.3 Å². The summed E-state index contributed by atoms with van der Waals surface area (Å²) in [6.45, 7) is 1.10. The Morgan fingerprint density at radius 3 is 2.71 bits per heavy atom. The average Bonchev–Trinajstić information content (AvgIpc) is 2.82. The second kappa shape index (κ2) is 5.27. The highest BCUT2D eigenvalue weighted by atomic mass is 19.1. The number of ether oxygens (including phenoxy) is 1. The molecule has 0 saturated carbocycles. The third-order valence-electron chi connectivity index (χ3n) is 3.03. The van der Waals surface area contributed by atoms with E-state index in [0.29, 0.717) is 24.3 Å². The van der Waals surface area contributed by atoms with Crippen LogP contribution in [0.1, 0.15) is 23.7 Å². The largest absolute Gasteiger partial charge is 0.481 e. The molecule has 0 aromatic heterocycles. The van der Waals surface area contributed by atoms with E-state index in [4.69, 9.17) is 9.84 Å². The number of hydrogen-bond acceptors (Lipinski definition) is 2. The minimum Gasteiger partial charge on any atom is -0.481 e. The lowest BCUT2D eigenvalue weighted by Gasteiger charge is -2.14. The van der Waals surface area contributed by atoms with Gasteiger partial charge in [0.1, 0.15) is 6.17 Å². The number of aliphatic carboxylic acids is 1. The molecule has 2 unspecified atom stereocenters. The number of rotatable bonds is 4. The Morgan fingerprint density at radius 1 is 1.47 bits per heavy atom. The van der Waals surface area contributed by atoms with Gasteiger partial charge < -0.3 is 9.84 Å². The molecule has 1 heterocycles. The summed E-state index contributed by atoms with van der Waals surface area (Å²) in [5, 5.41) is 8.63. The van der Waals surface area contributed by atoms with Crippen molar-refractivity contribution in [3.63, 3.8) is 0 Å². The van der Waals surface area contributed by atoms with E-state index in [1.165, 1.54) is 0 Å². The van der Waals surface area contributed by atoms with Gasteiger partial charge in [0.2, 0.25) is 0 Å². The van der Waals surface area contributed by atoms with Crippen LogP contribution in [0.4, 0.5) is 4.39 Å². The fourth-order valence-corrected chi connectivity index (χ4v) is 2.05. The van der Waals surface area contributed by atoms with Crippen molar-refractivity contribution in [2.45, 2.75) is 19.0 Å². The topological polar surface area (TPSA) is 46.5 Å². The van der Waals surface area contributed by atoms with Crippen molar-refractivity contribution in [3.8, 4) is 0 Å². The second-order valence-corrected chi connectivity index (χ2v) is 4.34. The Bertz CT molecular complexity index is 382. The lowest BCUT2D eigenvalue weighted by Crippen LogP contribution is -2.08. The number of benzene rings is 1. The zero-order chi connectivity index (χ0) is 12.3. The Labute approximate surface area is 99.2 Å². The van der Waals surface area contributed by atoms with Crippen LogP contribution in [0.5, 0.6) is 0 Å². The molecule has 0 aliphatic carbocycles. The highest BCUT2D eigenvalue weighted by molar-refractivity contribution is 5.70. The molecular weight excluding hydrogens is 223 g/mol. The maximum atomic E-state index is 14.0. The molecule has 1 N–H and O–H groups in total. The highest BCUT2D eigenvalue weighted by Gasteiger charge is 2.26. The van der Waals surface area contributed by atoms with Gasteiger partial charge in [0.05, 0.1) is 13.0 Å². The van der Waals surface area contributed by atoms with Crippen LogP contribution in [0.25, 0.3) is 0 Å². The van der Waals surface area contributed by atoms with Gasteiger partial charge in [-0.25, -0.2) is 4.39 Å². The van der Waals surface area contributed by atoms with E-state index in [9.17, 15) is 9.18 Å². The summed E-state index contributed by atoms with van der Waals surface area (Å²) in [6, 6.07) is 6.68. The first-order valence-corrected chi connectivity index (χ1v) is 5.69. The number of alkyl halides is 1. The minimum atomic E-state index is -1.02. The summed E-state index contributed by atoms with van der Waals surface area (Å²) < 4.78 is 19.2. The van der Waals surface area contributed by atoms with E-state index >= 15 is 0 Å². The van der Waals surface area contributed by atoms with Crippen LogP contribution in [-0.2, 0) is 16.0 Å². The fraction of sp³-hybridized carbons (Fsp3) is 0.462. The van der Waals surface area contributed by atoms with Gasteiger partial charge in [0, 0.05) is 12.5 Å². The van der Waals surface area contributed by atoms with Crippen molar-refractivity contribution in [1.82, 2.24) is 0 Å². The van der Waals surface area contributed by atoms with Gasteiger partial charge in [0.15, 0.2) is 0 Å². The van der Waals surface area contributed by atoms with Crippen LogP contribution in [0.2, 0.25) is 0 Å². The number of carbonyl (C=O) groups is 1. The van der Waals surface area contributed by atoms with E-state index in [0.717, 1.165) is 6.42 Å². The second-order valence-electron chi connectivity index (χ2n) is 4.34.